The molecule has 0 atom stereocenters. The number of phenolic OH excluding ortho intramolecular Hbond substituents is 1. The van der Waals surface area contributed by atoms with Crippen LogP contribution in [-0.2, 0) is 11.3 Å². The molecule has 1 N–H and O–H groups in total. The third-order valence-electron chi connectivity index (χ3n) is 2.84. The Morgan fingerprint density at radius 1 is 1.30 bits per heavy atom. The van der Waals surface area contributed by atoms with Crippen LogP contribution in [0.15, 0.2) is 54.9 Å². The Balaban J connectivity index is 1.95. The van der Waals surface area contributed by atoms with Crippen LogP contribution in [0.25, 0.3) is 6.08 Å². The molecule has 2 aromatic rings. The van der Waals surface area contributed by atoms with E-state index in [0.29, 0.717) is 6.54 Å². The number of pyridine rings is 1. The van der Waals surface area contributed by atoms with Crippen molar-refractivity contribution in [2.24, 2.45) is 0 Å². The summed E-state index contributed by atoms with van der Waals surface area (Å²) < 4.78 is 0. The van der Waals surface area contributed by atoms with E-state index in [2.05, 4.69) is 4.98 Å². The zero-order valence-corrected chi connectivity index (χ0v) is 11.2. The van der Waals surface area contributed by atoms with E-state index >= 15 is 0 Å². The minimum Gasteiger partial charge on any atom is -0.508 e. The monoisotopic (exact) mass is 268 g/mol. The first-order valence-corrected chi connectivity index (χ1v) is 6.26. The molecule has 4 heteroatoms. The number of phenols is 1. The van der Waals surface area contributed by atoms with Crippen molar-refractivity contribution in [2.75, 3.05) is 7.05 Å². The van der Waals surface area contributed by atoms with Gasteiger partial charge in [-0.3, -0.25) is 9.78 Å². The Morgan fingerprint density at radius 2 is 2.05 bits per heavy atom. The summed E-state index contributed by atoms with van der Waals surface area (Å²) >= 11 is 0. The minimum absolute atomic E-state index is 0.0815. The first-order chi connectivity index (χ1) is 9.65. The number of aromatic nitrogens is 1. The molecule has 102 valence electrons. The van der Waals surface area contributed by atoms with Gasteiger partial charge in [-0.05, 0) is 35.4 Å². The fourth-order valence-electron chi connectivity index (χ4n) is 1.72. The van der Waals surface area contributed by atoms with Crippen LogP contribution in [0, 0.1) is 0 Å². The second-order valence-electron chi connectivity index (χ2n) is 4.48. The first kappa shape index (κ1) is 13.8. The highest BCUT2D eigenvalue weighted by molar-refractivity contribution is 5.91. The van der Waals surface area contributed by atoms with Gasteiger partial charge in [0.2, 0.25) is 5.91 Å². The summed E-state index contributed by atoms with van der Waals surface area (Å²) in [6.45, 7) is 0.497. The lowest BCUT2D eigenvalue weighted by Crippen LogP contribution is -2.24. The van der Waals surface area contributed by atoms with Crippen molar-refractivity contribution in [2.45, 2.75) is 6.54 Å². The second-order valence-corrected chi connectivity index (χ2v) is 4.48. The molecular formula is C16H16N2O2. The van der Waals surface area contributed by atoms with Crippen LogP contribution in [0.5, 0.6) is 5.75 Å². The molecule has 0 bridgehead atoms. The fourth-order valence-corrected chi connectivity index (χ4v) is 1.72. The van der Waals surface area contributed by atoms with E-state index in [1.165, 1.54) is 6.08 Å². The Labute approximate surface area is 118 Å². The van der Waals surface area contributed by atoms with Crippen molar-refractivity contribution in [3.05, 3.63) is 66.0 Å². The van der Waals surface area contributed by atoms with E-state index in [4.69, 9.17) is 0 Å². The summed E-state index contributed by atoms with van der Waals surface area (Å²) in [5.41, 5.74) is 1.85. The van der Waals surface area contributed by atoms with Gasteiger partial charge in [-0.15, -0.1) is 0 Å². The summed E-state index contributed by atoms with van der Waals surface area (Å²) in [6, 6.07) is 10.5. The molecule has 0 aliphatic rings. The lowest BCUT2D eigenvalue weighted by molar-refractivity contribution is -0.125. The number of amides is 1. The number of nitrogens with zero attached hydrogens (tertiary/aromatic N) is 2. The van der Waals surface area contributed by atoms with Crippen molar-refractivity contribution < 1.29 is 9.90 Å². The molecule has 0 spiro atoms. The number of benzene rings is 1. The summed E-state index contributed by atoms with van der Waals surface area (Å²) in [7, 11) is 1.74. The van der Waals surface area contributed by atoms with E-state index in [-0.39, 0.29) is 11.7 Å². The average Bonchev–Trinajstić information content (AvgIpc) is 2.48. The lowest BCUT2D eigenvalue weighted by atomic mass is 10.2. The Bertz CT molecular complexity index is 592. The summed E-state index contributed by atoms with van der Waals surface area (Å²) in [4.78, 5) is 17.6. The molecule has 1 aromatic heterocycles. The predicted octanol–water partition coefficient (Wildman–Crippen LogP) is 2.46. The summed E-state index contributed by atoms with van der Waals surface area (Å²) in [5.74, 6) is 0.140. The topological polar surface area (TPSA) is 53.4 Å². The van der Waals surface area contributed by atoms with Crippen molar-refractivity contribution in [1.29, 1.82) is 0 Å². The first-order valence-electron chi connectivity index (χ1n) is 6.26. The van der Waals surface area contributed by atoms with Crippen molar-refractivity contribution in [1.82, 2.24) is 9.88 Å². The average molecular weight is 268 g/mol. The SMILES string of the molecule is CN(Cc1ccc(O)cc1)C(=O)C=Cc1cccnc1. The van der Waals surface area contributed by atoms with Gasteiger partial charge in [0.25, 0.3) is 0 Å². The summed E-state index contributed by atoms with van der Waals surface area (Å²) in [5, 5.41) is 9.21. The lowest BCUT2D eigenvalue weighted by Gasteiger charge is -2.15. The van der Waals surface area contributed by atoms with Crippen LogP contribution in [0.1, 0.15) is 11.1 Å². The molecule has 1 amide bonds. The molecule has 0 saturated carbocycles. The van der Waals surface area contributed by atoms with Crippen LogP contribution in [0.2, 0.25) is 0 Å². The Morgan fingerprint density at radius 3 is 2.70 bits per heavy atom. The minimum atomic E-state index is -0.0815. The molecule has 20 heavy (non-hydrogen) atoms. The van der Waals surface area contributed by atoms with E-state index in [1.807, 2.05) is 12.1 Å². The largest absolute Gasteiger partial charge is 0.508 e. The third-order valence-corrected chi connectivity index (χ3v) is 2.84. The zero-order chi connectivity index (χ0) is 14.4. The molecule has 1 heterocycles. The highest BCUT2D eigenvalue weighted by Gasteiger charge is 2.05. The maximum atomic E-state index is 12.0. The van der Waals surface area contributed by atoms with Crippen LogP contribution >= 0.6 is 0 Å². The molecule has 4 nitrogen and oxygen atoms in total. The maximum absolute atomic E-state index is 12.0. The molecule has 0 fully saturated rings. The molecule has 0 aliphatic carbocycles. The van der Waals surface area contributed by atoms with Crippen molar-refractivity contribution >= 4 is 12.0 Å². The maximum Gasteiger partial charge on any atom is 0.246 e. The standard InChI is InChI=1S/C16H16N2O2/c1-18(12-14-4-7-15(19)8-5-14)16(20)9-6-13-3-2-10-17-11-13/h2-11,19H,12H2,1H3. The quantitative estimate of drug-likeness (QED) is 0.867. The highest BCUT2D eigenvalue weighted by Crippen LogP contribution is 2.11. The van der Waals surface area contributed by atoms with E-state index in [1.54, 1.807) is 54.7 Å². The van der Waals surface area contributed by atoms with Gasteiger partial charge in [0, 0.05) is 32.1 Å². The zero-order valence-electron chi connectivity index (χ0n) is 11.2. The number of aromatic hydroxyl groups is 1. The molecule has 2 rings (SSSR count). The van der Waals surface area contributed by atoms with E-state index in [9.17, 15) is 9.90 Å². The van der Waals surface area contributed by atoms with Gasteiger partial charge >= 0.3 is 0 Å². The predicted molar refractivity (Wildman–Crippen MR) is 77.9 cm³/mol. The number of hydrogen-bond acceptors (Lipinski definition) is 3. The van der Waals surface area contributed by atoms with Gasteiger partial charge in [0.15, 0.2) is 0 Å². The van der Waals surface area contributed by atoms with E-state index in [0.717, 1.165) is 11.1 Å². The van der Waals surface area contributed by atoms with Gasteiger partial charge in [-0.1, -0.05) is 18.2 Å². The molecule has 0 saturated heterocycles. The molecular weight excluding hydrogens is 252 g/mol. The van der Waals surface area contributed by atoms with Gasteiger partial charge in [0.1, 0.15) is 5.75 Å². The highest BCUT2D eigenvalue weighted by atomic mass is 16.3. The third kappa shape index (κ3) is 3.95. The second kappa shape index (κ2) is 6.52. The van der Waals surface area contributed by atoms with Crippen molar-refractivity contribution in [3.8, 4) is 5.75 Å². The van der Waals surface area contributed by atoms with Crippen LogP contribution in [0.3, 0.4) is 0 Å². The number of likely N-dealkylation sites (N-methyl/N-ethyl adjacent to an activating group) is 1. The smallest absolute Gasteiger partial charge is 0.246 e. The van der Waals surface area contributed by atoms with Gasteiger partial charge < -0.3 is 10.0 Å². The van der Waals surface area contributed by atoms with Crippen LogP contribution in [0.4, 0.5) is 0 Å². The Kier molecular flexibility index (Phi) is 4.50. The van der Waals surface area contributed by atoms with Gasteiger partial charge in [-0.2, -0.15) is 0 Å². The van der Waals surface area contributed by atoms with E-state index < -0.39 is 0 Å². The van der Waals surface area contributed by atoms with Crippen LogP contribution in [-0.4, -0.2) is 27.9 Å². The normalized spacial score (nSPS) is 10.7. The molecule has 0 aliphatic heterocycles. The molecule has 0 unspecified atom stereocenters. The fraction of sp³-hybridized carbons (Fsp3) is 0.125. The number of rotatable bonds is 4. The van der Waals surface area contributed by atoms with Crippen LogP contribution < -0.4 is 0 Å². The molecule has 0 radical (unpaired) electrons. The van der Waals surface area contributed by atoms with Gasteiger partial charge in [0.05, 0.1) is 0 Å². The molecule has 1 aromatic carbocycles. The van der Waals surface area contributed by atoms with Crippen molar-refractivity contribution in [3.63, 3.8) is 0 Å². The Hall–Kier alpha value is -2.62. The number of carbonyl (C=O) groups excluding carboxylic acids is 1. The number of hydrogen-bond donors (Lipinski definition) is 1. The number of carbonyl (C=O) groups is 1. The van der Waals surface area contributed by atoms with Gasteiger partial charge in [-0.25, -0.2) is 0 Å². The summed E-state index contributed by atoms with van der Waals surface area (Å²) in [6.07, 6.45) is 6.65.